The first kappa shape index (κ1) is 23.4. The largest absolute Gasteiger partial charge is 0.465 e. The van der Waals surface area contributed by atoms with Gasteiger partial charge in [-0.1, -0.05) is 11.6 Å². The van der Waals surface area contributed by atoms with Gasteiger partial charge in [0.2, 0.25) is 0 Å². The predicted octanol–water partition coefficient (Wildman–Crippen LogP) is 2.37. The Morgan fingerprint density at radius 1 is 1.28 bits per heavy atom. The second-order valence-electron chi connectivity index (χ2n) is 8.08. The molecule has 0 amide bonds. The summed E-state index contributed by atoms with van der Waals surface area (Å²) in [4.78, 5) is 25.8. The van der Waals surface area contributed by atoms with E-state index in [1.54, 1.807) is 25.7 Å². The number of ether oxygens (including phenoxy) is 2. The number of methoxy groups -OCH3 is 1. The number of esters is 2. The second kappa shape index (κ2) is 8.49. The molecule has 1 fully saturated rings. The minimum atomic E-state index is -3.73. The molecule has 29 heavy (non-hydrogen) atoms. The molecule has 162 valence electrons. The third kappa shape index (κ3) is 5.61. The Morgan fingerprint density at radius 3 is 2.38 bits per heavy atom. The highest BCUT2D eigenvalue weighted by Crippen LogP contribution is 2.38. The highest BCUT2D eigenvalue weighted by atomic mass is 35.5. The molecule has 2 N–H and O–H groups in total. The van der Waals surface area contributed by atoms with Crippen LogP contribution in [0.25, 0.3) is 0 Å². The van der Waals surface area contributed by atoms with Crippen LogP contribution in [0.2, 0.25) is 5.02 Å². The van der Waals surface area contributed by atoms with Crippen molar-refractivity contribution in [1.82, 2.24) is 0 Å². The molecule has 1 heterocycles. The van der Waals surface area contributed by atoms with Crippen LogP contribution in [0.5, 0.6) is 0 Å². The fourth-order valence-corrected chi connectivity index (χ4v) is 4.55. The van der Waals surface area contributed by atoms with E-state index in [-0.39, 0.29) is 33.6 Å². The minimum absolute atomic E-state index is 0.0267. The van der Waals surface area contributed by atoms with Crippen molar-refractivity contribution in [2.75, 3.05) is 24.8 Å². The Balaban J connectivity index is 2.38. The lowest BCUT2D eigenvalue weighted by Gasteiger charge is -2.39. The van der Waals surface area contributed by atoms with Crippen molar-refractivity contribution in [2.24, 2.45) is 11.7 Å². The quantitative estimate of drug-likeness (QED) is 0.700. The summed E-state index contributed by atoms with van der Waals surface area (Å²) < 4.78 is 34.9. The van der Waals surface area contributed by atoms with Crippen LogP contribution in [-0.2, 0) is 24.1 Å². The SMILES string of the molecule is COC(=O)c1cc(Cl)c(N2CCC(C(=O)OC(C)(C)C)CC2N)c(S(C)(=O)=O)c1. The van der Waals surface area contributed by atoms with E-state index in [4.69, 9.17) is 22.1 Å². The monoisotopic (exact) mass is 446 g/mol. The zero-order chi connectivity index (χ0) is 22.1. The number of anilines is 1. The summed E-state index contributed by atoms with van der Waals surface area (Å²) in [7, 11) is -2.53. The first-order valence-corrected chi connectivity index (χ1v) is 11.4. The van der Waals surface area contributed by atoms with Crippen molar-refractivity contribution in [1.29, 1.82) is 0 Å². The third-order valence-electron chi connectivity index (χ3n) is 4.52. The summed E-state index contributed by atoms with van der Waals surface area (Å²) in [6.45, 7) is 5.69. The Kier molecular flexibility index (Phi) is 6.86. The maximum atomic E-state index is 12.4. The van der Waals surface area contributed by atoms with Gasteiger partial charge in [0.25, 0.3) is 0 Å². The van der Waals surface area contributed by atoms with E-state index in [0.29, 0.717) is 13.0 Å². The van der Waals surface area contributed by atoms with Crippen molar-refractivity contribution in [2.45, 2.75) is 50.3 Å². The van der Waals surface area contributed by atoms with Gasteiger partial charge in [-0.2, -0.15) is 0 Å². The van der Waals surface area contributed by atoms with E-state index in [1.165, 1.54) is 19.2 Å². The van der Waals surface area contributed by atoms with Gasteiger partial charge in [-0.25, -0.2) is 13.2 Å². The molecule has 1 saturated heterocycles. The van der Waals surface area contributed by atoms with Gasteiger partial charge < -0.3 is 20.1 Å². The van der Waals surface area contributed by atoms with E-state index >= 15 is 0 Å². The Hall–Kier alpha value is -1.84. The van der Waals surface area contributed by atoms with Crippen LogP contribution in [0.3, 0.4) is 0 Å². The number of benzene rings is 1. The second-order valence-corrected chi connectivity index (χ2v) is 10.5. The average molecular weight is 447 g/mol. The van der Waals surface area contributed by atoms with Gasteiger partial charge in [-0.05, 0) is 45.7 Å². The Labute approximate surface area is 176 Å². The van der Waals surface area contributed by atoms with Crippen LogP contribution in [0.4, 0.5) is 5.69 Å². The lowest BCUT2D eigenvalue weighted by Crippen LogP contribution is -2.50. The zero-order valence-corrected chi connectivity index (χ0v) is 18.8. The standard InChI is InChI=1S/C19H27ClN2O6S/c1-19(2,3)28-18(24)11-6-7-22(15(21)10-11)16-13(20)8-12(17(23)27-4)9-14(16)29(5,25)26/h8-9,11,15H,6-7,10,21H2,1-5H3. The lowest BCUT2D eigenvalue weighted by molar-refractivity contribution is -0.161. The summed E-state index contributed by atoms with van der Waals surface area (Å²) in [6.07, 6.45) is 1.10. The molecule has 0 aromatic heterocycles. The Morgan fingerprint density at radius 2 is 1.90 bits per heavy atom. The van der Waals surface area contributed by atoms with Crippen molar-refractivity contribution < 1.29 is 27.5 Å². The molecule has 0 spiro atoms. The molecule has 1 aromatic rings. The van der Waals surface area contributed by atoms with Crippen LogP contribution >= 0.6 is 11.6 Å². The lowest BCUT2D eigenvalue weighted by atomic mass is 9.93. The van der Waals surface area contributed by atoms with E-state index in [0.717, 1.165) is 6.26 Å². The molecular weight excluding hydrogens is 420 g/mol. The van der Waals surface area contributed by atoms with E-state index < -0.39 is 33.5 Å². The molecule has 2 unspecified atom stereocenters. The molecule has 0 aliphatic carbocycles. The molecular formula is C19H27ClN2O6S. The van der Waals surface area contributed by atoms with Gasteiger partial charge >= 0.3 is 11.9 Å². The normalized spacial score (nSPS) is 20.3. The zero-order valence-electron chi connectivity index (χ0n) is 17.2. The molecule has 1 aliphatic rings. The molecule has 8 nitrogen and oxygen atoms in total. The number of nitrogens with two attached hydrogens (primary N) is 1. The summed E-state index contributed by atoms with van der Waals surface area (Å²) in [5.74, 6) is -1.42. The number of nitrogens with zero attached hydrogens (tertiary/aromatic N) is 1. The van der Waals surface area contributed by atoms with E-state index in [1.807, 2.05) is 0 Å². The molecule has 0 saturated carbocycles. The molecule has 1 aliphatic heterocycles. The van der Waals surface area contributed by atoms with Gasteiger partial charge in [-0.15, -0.1) is 0 Å². The number of rotatable bonds is 4. The van der Waals surface area contributed by atoms with Gasteiger partial charge in [0.1, 0.15) is 5.60 Å². The predicted molar refractivity (Wildman–Crippen MR) is 110 cm³/mol. The number of halogens is 1. The van der Waals surface area contributed by atoms with E-state index in [9.17, 15) is 18.0 Å². The minimum Gasteiger partial charge on any atom is -0.465 e. The molecule has 10 heteroatoms. The number of sulfone groups is 1. The summed E-state index contributed by atoms with van der Waals surface area (Å²) in [5.41, 5.74) is 5.92. The summed E-state index contributed by atoms with van der Waals surface area (Å²) in [5, 5.41) is 0.0690. The highest BCUT2D eigenvalue weighted by Gasteiger charge is 2.36. The van der Waals surface area contributed by atoms with Crippen LogP contribution in [0.15, 0.2) is 17.0 Å². The molecule has 0 bridgehead atoms. The van der Waals surface area contributed by atoms with Gasteiger partial charge in [0, 0.05) is 12.8 Å². The number of piperidine rings is 1. The van der Waals surface area contributed by atoms with Crippen molar-refractivity contribution in [3.8, 4) is 0 Å². The molecule has 0 radical (unpaired) electrons. The average Bonchev–Trinajstić information content (AvgIpc) is 2.58. The Bertz CT molecular complexity index is 910. The van der Waals surface area contributed by atoms with Crippen molar-refractivity contribution in [3.63, 3.8) is 0 Å². The number of hydrogen-bond acceptors (Lipinski definition) is 8. The molecule has 1 aromatic carbocycles. The smallest absolute Gasteiger partial charge is 0.337 e. The first-order valence-electron chi connectivity index (χ1n) is 9.11. The molecule has 2 atom stereocenters. The maximum Gasteiger partial charge on any atom is 0.337 e. The number of hydrogen-bond donors (Lipinski definition) is 1. The summed E-state index contributed by atoms with van der Waals surface area (Å²) in [6, 6.07) is 2.58. The van der Waals surface area contributed by atoms with Crippen molar-refractivity contribution in [3.05, 3.63) is 22.7 Å². The fourth-order valence-electron chi connectivity index (χ4n) is 3.25. The topological polar surface area (TPSA) is 116 Å². The van der Waals surface area contributed by atoms with Gasteiger partial charge in [0.05, 0.1) is 40.4 Å². The van der Waals surface area contributed by atoms with Crippen molar-refractivity contribution >= 4 is 39.1 Å². The third-order valence-corrected chi connectivity index (χ3v) is 5.92. The molecule has 2 rings (SSSR count). The summed E-state index contributed by atoms with van der Waals surface area (Å²) >= 11 is 6.37. The fraction of sp³-hybridized carbons (Fsp3) is 0.579. The number of carbonyl (C=O) groups excluding carboxylic acids is 2. The van der Waals surface area contributed by atoms with Crippen LogP contribution < -0.4 is 10.6 Å². The van der Waals surface area contributed by atoms with Gasteiger partial charge in [0.15, 0.2) is 9.84 Å². The van der Waals surface area contributed by atoms with Crippen LogP contribution in [0, 0.1) is 5.92 Å². The maximum absolute atomic E-state index is 12.4. The number of carbonyl (C=O) groups is 2. The van der Waals surface area contributed by atoms with E-state index in [2.05, 4.69) is 4.74 Å². The van der Waals surface area contributed by atoms with Gasteiger partial charge in [-0.3, -0.25) is 4.79 Å². The highest BCUT2D eigenvalue weighted by molar-refractivity contribution is 7.90. The van der Waals surface area contributed by atoms with Crippen LogP contribution in [-0.4, -0.2) is 52.0 Å². The first-order chi connectivity index (χ1) is 13.2. The van der Waals surface area contributed by atoms with Crippen LogP contribution in [0.1, 0.15) is 44.0 Å².